The van der Waals surface area contributed by atoms with Gasteiger partial charge in [-0.1, -0.05) is 6.92 Å². The highest BCUT2D eigenvalue weighted by atomic mass is 16.5. The van der Waals surface area contributed by atoms with Crippen LogP contribution in [-0.2, 0) is 14.1 Å². The minimum Gasteiger partial charge on any atom is -0.493 e. The molecule has 2 rings (SSSR count). The Morgan fingerprint density at radius 3 is 2.67 bits per heavy atom. The van der Waals surface area contributed by atoms with E-state index in [0.717, 1.165) is 11.0 Å². The molecule has 0 fully saturated rings. The van der Waals surface area contributed by atoms with Gasteiger partial charge in [0.25, 0.3) is 5.56 Å². The molecule has 2 heterocycles. The van der Waals surface area contributed by atoms with Crippen LogP contribution in [0, 0.1) is 0 Å². The van der Waals surface area contributed by atoms with E-state index in [1.165, 1.54) is 17.8 Å². The Morgan fingerprint density at radius 1 is 1.28 bits per heavy atom. The predicted molar refractivity (Wildman–Crippen MR) is 68.0 cm³/mol. The van der Waals surface area contributed by atoms with Crippen molar-refractivity contribution < 1.29 is 4.74 Å². The van der Waals surface area contributed by atoms with Crippen LogP contribution in [0.5, 0.6) is 5.75 Å². The summed E-state index contributed by atoms with van der Waals surface area (Å²) in [6.07, 6.45) is 2.38. The molecular formula is C12H15N3O3. The van der Waals surface area contributed by atoms with Crippen molar-refractivity contribution >= 4 is 11.0 Å². The average Bonchev–Trinajstić information content (AvgIpc) is 2.40. The molecule has 6 heteroatoms. The van der Waals surface area contributed by atoms with Crippen molar-refractivity contribution in [2.45, 2.75) is 13.3 Å². The number of hydrogen-bond donors (Lipinski definition) is 0. The number of rotatable bonds is 3. The van der Waals surface area contributed by atoms with Gasteiger partial charge in [-0.05, 0) is 12.5 Å². The molecule has 0 saturated carbocycles. The molecule has 0 N–H and O–H groups in total. The van der Waals surface area contributed by atoms with Crippen LogP contribution in [0.4, 0.5) is 0 Å². The maximum Gasteiger partial charge on any atom is 0.332 e. The minimum atomic E-state index is -0.396. The van der Waals surface area contributed by atoms with E-state index in [0.29, 0.717) is 23.4 Å². The van der Waals surface area contributed by atoms with E-state index >= 15 is 0 Å². The summed E-state index contributed by atoms with van der Waals surface area (Å²) in [5.74, 6) is 0.470. The fourth-order valence-electron chi connectivity index (χ4n) is 1.79. The Labute approximate surface area is 103 Å². The van der Waals surface area contributed by atoms with Gasteiger partial charge in [0, 0.05) is 20.3 Å². The van der Waals surface area contributed by atoms with Crippen LogP contribution >= 0.6 is 0 Å². The first-order valence-electron chi connectivity index (χ1n) is 5.75. The molecule has 0 radical (unpaired) electrons. The lowest BCUT2D eigenvalue weighted by atomic mass is 10.3. The molecule has 0 aliphatic carbocycles. The van der Waals surface area contributed by atoms with Crippen LogP contribution in [0.3, 0.4) is 0 Å². The zero-order valence-corrected chi connectivity index (χ0v) is 10.6. The highest BCUT2D eigenvalue weighted by Gasteiger charge is 2.13. The normalized spacial score (nSPS) is 10.8. The van der Waals surface area contributed by atoms with Crippen LogP contribution in [0.1, 0.15) is 13.3 Å². The molecule has 0 unspecified atom stereocenters. The van der Waals surface area contributed by atoms with E-state index in [1.54, 1.807) is 13.1 Å². The molecular weight excluding hydrogens is 234 g/mol. The summed E-state index contributed by atoms with van der Waals surface area (Å²) in [6.45, 7) is 2.50. The fraction of sp³-hybridized carbons (Fsp3) is 0.417. The first-order chi connectivity index (χ1) is 8.57. The maximum absolute atomic E-state index is 12.1. The van der Waals surface area contributed by atoms with Gasteiger partial charge in [0.2, 0.25) is 0 Å². The van der Waals surface area contributed by atoms with Gasteiger partial charge in [0.15, 0.2) is 5.65 Å². The monoisotopic (exact) mass is 249 g/mol. The molecule has 0 aromatic carbocycles. The first kappa shape index (κ1) is 12.3. The number of aryl methyl sites for hydroxylation is 1. The Balaban J connectivity index is 2.84. The van der Waals surface area contributed by atoms with E-state index in [2.05, 4.69) is 4.98 Å². The lowest BCUT2D eigenvalue weighted by molar-refractivity contribution is 0.320. The van der Waals surface area contributed by atoms with Crippen LogP contribution < -0.4 is 16.0 Å². The zero-order valence-electron chi connectivity index (χ0n) is 10.6. The third-order valence-corrected chi connectivity index (χ3v) is 2.76. The van der Waals surface area contributed by atoms with Gasteiger partial charge in [0.1, 0.15) is 11.1 Å². The second-order valence-electron chi connectivity index (χ2n) is 4.06. The molecule has 0 aliphatic rings. The highest BCUT2D eigenvalue weighted by Crippen LogP contribution is 2.18. The molecule has 96 valence electrons. The molecule has 0 bridgehead atoms. The number of nitrogens with zero attached hydrogens (tertiary/aromatic N) is 3. The first-order valence-corrected chi connectivity index (χ1v) is 5.75. The number of fused-ring (bicyclic) bond motifs is 1. The summed E-state index contributed by atoms with van der Waals surface area (Å²) in [6, 6.07) is 1.64. The van der Waals surface area contributed by atoms with Crippen LogP contribution in [0.25, 0.3) is 11.0 Å². The minimum absolute atomic E-state index is 0.343. The van der Waals surface area contributed by atoms with Crippen molar-refractivity contribution in [2.75, 3.05) is 6.61 Å². The van der Waals surface area contributed by atoms with Gasteiger partial charge in [-0.25, -0.2) is 9.78 Å². The molecule has 2 aromatic heterocycles. The summed E-state index contributed by atoms with van der Waals surface area (Å²) < 4.78 is 7.93. The largest absolute Gasteiger partial charge is 0.493 e. The Kier molecular flexibility index (Phi) is 3.18. The smallest absolute Gasteiger partial charge is 0.332 e. The molecule has 0 saturated heterocycles. The number of pyridine rings is 1. The molecule has 2 aromatic rings. The van der Waals surface area contributed by atoms with Crippen LogP contribution in [0.2, 0.25) is 0 Å². The summed E-state index contributed by atoms with van der Waals surface area (Å²) in [7, 11) is 3.03. The second-order valence-corrected chi connectivity index (χ2v) is 4.06. The van der Waals surface area contributed by atoms with E-state index < -0.39 is 5.69 Å². The van der Waals surface area contributed by atoms with Gasteiger partial charge in [-0.2, -0.15) is 0 Å². The van der Waals surface area contributed by atoms with E-state index in [4.69, 9.17) is 4.74 Å². The lowest BCUT2D eigenvalue weighted by Crippen LogP contribution is -2.37. The fourth-order valence-corrected chi connectivity index (χ4v) is 1.79. The number of aromatic nitrogens is 3. The molecule has 0 aliphatic heterocycles. The number of hydrogen-bond acceptors (Lipinski definition) is 4. The maximum atomic E-state index is 12.1. The Hall–Kier alpha value is -2.11. The zero-order chi connectivity index (χ0) is 13.3. The average molecular weight is 249 g/mol. The topological polar surface area (TPSA) is 66.1 Å². The van der Waals surface area contributed by atoms with Gasteiger partial charge in [-0.15, -0.1) is 0 Å². The standard InChI is InChI=1S/C12H15N3O3/c1-4-7-18-8-5-6-13-10-9(8)11(16)15(3)12(17)14(10)2/h5-6H,4,7H2,1-3H3. The van der Waals surface area contributed by atoms with Gasteiger partial charge < -0.3 is 4.74 Å². The van der Waals surface area contributed by atoms with Crippen molar-refractivity contribution in [3.63, 3.8) is 0 Å². The van der Waals surface area contributed by atoms with E-state index in [-0.39, 0.29) is 5.56 Å². The summed E-state index contributed by atoms with van der Waals surface area (Å²) in [4.78, 5) is 28.0. The third kappa shape index (κ3) is 1.79. The second kappa shape index (κ2) is 4.64. The quantitative estimate of drug-likeness (QED) is 0.790. The van der Waals surface area contributed by atoms with E-state index in [1.807, 2.05) is 6.92 Å². The lowest BCUT2D eigenvalue weighted by Gasteiger charge is -2.10. The van der Waals surface area contributed by atoms with Crippen LogP contribution in [-0.4, -0.2) is 20.7 Å². The van der Waals surface area contributed by atoms with Crippen molar-refractivity contribution in [1.82, 2.24) is 14.1 Å². The van der Waals surface area contributed by atoms with Crippen molar-refractivity contribution in [1.29, 1.82) is 0 Å². The van der Waals surface area contributed by atoms with Gasteiger partial charge >= 0.3 is 5.69 Å². The van der Waals surface area contributed by atoms with Crippen LogP contribution in [0.15, 0.2) is 21.9 Å². The Bertz CT molecular complexity index is 700. The number of ether oxygens (including phenoxy) is 1. The molecule has 0 atom stereocenters. The molecule has 0 amide bonds. The van der Waals surface area contributed by atoms with Gasteiger partial charge in [-0.3, -0.25) is 13.9 Å². The summed E-state index contributed by atoms with van der Waals surface area (Å²) in [5, 5.41) is 0.343. The highest BCUT2D eigenvalue weighted by molar-refractivity contribution is 5.80. The van der Waals surface area contributed by atoms with E-state index in [9.17, 15) is 9.59 Å². The predicted octanol–water partition coefficient (Wildman–Crippen LogP) is 0.421. The van der Waals surface area contributed by atoms with Gasteiger partial charge in [0.05, 0.1) is 6.61 Å². The third-order valence-electron chi connectivity index (χ3n) is 2.76. The summed E-state index contributed by atoms with van der Waals surface area (Å²) >= 11 is 0. The summed E-state index contributed by atoms with van der Waals surface area (Å²) in [5.41, 5.74) is -0.434. The van der Waals surface area contributed by atoms with Crippen molar-refractivity contribution in [3.05, 3.63) is 33.1 Å². The SMILES string of the molecule is CCCOc1ccnc2c1c(=O)n(C)c(=O)n2C. The Morgan fingerprint density at radius 2 is 2.00 bits per heavy atom. The van der Waals surface area contributed by atoms with Crippen molar-refractivity contribution in [2.24, 2.45) is 14.1 Å². The molecule has 0 spiro atoms. The van der Waals surface area contributed by atoms with Crippen molar-refractivity contribution in [3.8, 4) is 5.75 Å². The molecule has 18 heavy (non-hydrogen) atoms. The molecule has 6 nitrogen and oxygen atoms in total.